The Kier molecular flexibility index (Phi) is 3.98. The molecule has 31 heavy (non-hydrogen) atoms. The Hall–Kier alpha value is -4.64. The number of hydrogen-bond donors (Lipinski definition) is 2. The second-order valence-electron chi connectivity index (χ2n) is 7.18. The minimum absolute atomic E-state index is 0.0759. The van der Waals surface area contributed by atoms with Gasteiger partial charge in [0, 0.05) is 22.9 Å². The zero-order valence-corrected chi connectivity index (χ0v) is 16.0. The SMILES string of the molecule is N#CC1=C(N)Oc2c(c(=O)[nH]c3c2ccc2ccccc23)C1c1ccc([N+](=O)[O-])cc1. The van der Waals surface area contributed by atoms with Gasteiger partial charge in [-0.1, -0.05) is 42.5 Å². The van der Waals surface area contributed by atoms with Gasteiger partial charge in [-0.3, -0.25) is 14.9 Å². The number of non-ortho nitro benzene ring substituents is 1. The van der Waals surface area contributed by atoms with Crippen LogP contribution in [0.15, 0.2) is 76.9 Å². The number of fused-ring (bicyclic) bond motifs is 5. The van der Waals surface area contributed by atoms with Gasteiger partial charge in [0.15, 0.2) is 0 Å². The molecule has 0 saturated heterocycles. The summed E-state index contributed by atoms with van der Waals surface area (Å²) < 4.78 is 5.80. The van der Waals surface area contributed by atoms with E-state index in [1.165, 1.54) is 24.3 Å². The average molecular weight is 410 g/mol. The molecule has 4 aromatic rings. The fourth-order valence-corrected chi connectivity index (χ4v) is 4.09. The predicted octanol–water partition coefficient (Wildman–Crippen LogP) is 3.81. The maximum atomic E-state index is 13.2. The number of aromatic nitrogens is 1. The van der Waals surface area contributed by atoms with Gasteiger partial charge < -0.3 is 15.5 Å². The Morgan fingerprint density at radius 3 is 2.52 bits per heavy atom. The van der Waals surface area contributed by atoms with Crippen LogP contribution in [0.1, 0.15) is 17.0 Å². The summed E-state index contributed by atoms with van der Waals surface area (Å²) in [5.74, 6) is -0.628. The van der Waals surface area contributed by atoms with E-state index < -0.39 is 16.4 Å². The molecule has 5 rings (SSSR count). The Morgan fingerprint density at radius 2 is 1.81 bits per heavy atom. The highest BCUT2D eigenvalue weighted by molar-refractivity contribution is 6.07. The summed E-state index contributed by atoms with van der Waals surface area (Å²) in [4.78, 5) is 26.7. The number of aromatic amines is 1. The topological polar surface area (TPSA) is 135 Å². The van der Waals surface area contributed by atoms with Crippen LogP contribution in [0.5, 0.6) is 5.75 Å². The minimum atomic E-state index is -0.811. The summed E-state index contributed by atoms with van der Waals surface area (Å²) in [6.45, 7) is 0. The molecule has 0 aliphatic carbocycles. The number of ether oxygens (including phenoxy) is 1. The summed E-state index contributed by atoms with van der Waals surface area (Å²) in [6.07, 6.45) is 0. The highest BCUT2D eigenvalue weighted by Crippen LogP contribution is 2.44. The van der Waals surface area contributed by atoms with E-state index in [0.717, 1.165) is 10.8 Å². The van der Waals surface area contributed by atoms with Gasteiger partial charge in [-0.2, -0.15) is 5.26 Å². The lowest BCUT2D eigenvalue weighted by Gasteiger charge is -2.26. The van der Waals surface area contributed by atoms with Crippen LogP contribution in [0.4, 0.5) is 5.69 Å². The van der Waals surface area contributed by atoms with E-state index in [1.807, 2.05) is 42.5 Å². The highest BCUT2D eigenvalue weighted by Gasteiger charge is 2.34. The summed E-state index contributed by atoms with van der Waals surface area (Å²) in [5.41, 5.74) is 7.02. The van der Waals surface area contributed by atoms with E-state index in [0.29, 0.717) is 16.5 Å². The number of allylic oxidation sites excluding steroid dienone is 1. The summed E-state index contributed by atoms with van der Waals surface area (Å²) in [6, 6.07) is 19.1. The average Bonchev–Trinajstić information content (AvgIpc) is 2.78. The van der Waals surface area contributed by atoms with Crippen LogP contribution in [-0.4, -0.2) is 9.91 Å². The molecule has 150 valence electrons. The van der Waals surface area contributed by atoms with Gasteiger partial charge in [-0.25, -0.2) is 0 Å². The fourth-order valence-electron chi connectivity index (χ4n) is 4.09. The number of nitrogens with one attached hydrogen (secondary N) is 1. The first-order valence-corrected chi connectivity index (χ1v) is 9.39. The van der Waals surface area contributed by atoms with Gasteiger partial charge in [0.2, 0.25) is 5.88 Å². The van der Waals surface area contributed by atoms with E-state index in [1.54, 1.807) is 0 Å². The molecule has 3 N–H and O–H groups in total. The fraction of sp³-hybridized carbons (Fsp3) is 0.0435. The van der Waals surface area contributed by atoms with Crippen molar-refractivity contribution in [2.75, 3.05) is 0 Å². The molecule has 1 aliphatic rings. The van der Waals surface area contributed by atoms with E-state index >= 15 is 0 Å². The first-order chi connectivity index (χ1) is 15.0. The Bertz CT molecular complexity index is 1530. The van der Waals surface area contributed by atoms with Gasteiger partial charge >= 0.3 is 0 Å². The van der Waals surface area contributed by atoms with Crippen molar-refractivity contribution >= 4 is 27.4 Å². The molecule has 1 aliphatic heterocycles. The number of nitro groups is 1. The number of rotatable bonds is 2. The third-order valence-electron chi connectivity index (χ3n) is 5.51. The van der Waals surface area contributed by atoms with Crippen LogP contribution in [0.3, 0.4) is 0 Å². The van der Waals surface area contributed by atoms with Gasteiger partial charge in [-0.05, 0) is 17.0 Å². The summed E-state index contributed by atoms with van der Waals surface area (Å²) in [5, 5.41) is 23.2. The standard InChI is InChI=1S/C23H14N4O4/c24-11-17-18(13-5-8-14(9-6-13)27(29)30)19-21(31-22(17)25)16-10-7-12-3-1-2-4-15(12)20(16)26-23(19)28/h1-10,18H,25H2,(H,26,28). The normalized spacial score (nSPS) is 15.4. The maximum Gasteiger partial charge on any atom is 0.269 e. The molecule has 1 aromatic heterocycles. The molecule has 0 saturated carbocycles. The molecule has 1 atom stereocenters. The Balaban J connectivity index is 1.82. The first-order valence-electron chi connectivity index (χ1n) is 9.39. The lowest BCUT2D eigenvalue weighted by Crippen LogP contribution is -2.27. The highest BCUT2D eigenvalue weighted by atomic mass is 16.6. The van der Waals surface area contributed by atoms with Crippen LogP contribution in [-0.2, 0) is 0 Å². The smallest absolute Gasteiger partial charge is 0.269 e. The number of benzene rings is 3. The largest absolute Gasteiger partial charge is 0.439 e. The van der Waals surface area contributed by atoms with Gasteiger partial charge in [0.25, 0.3) is 11.2 Å². The molecule has 1 unspecified atom stereocenters. The molecule has 0 spiro atoms. The molecule has 0 bridgehead atoms. The zero-order chi connectivity index (χ0) is 21.7. The van der Waals surface area contributed by atoms with Crippen molar-refractivity contribution in [3.63, 3.8) is 0 Å². The van der Waals surface area contributed by atoms with E-state index in [9.17, 15) is 20.2 Å². The number of H-pyrrole nitrogens is 1. The van der Waals surface area contributed by atoms with Crippen molar-refractivity contribution in [1.82, 2.24) is 4.98 Å². The second-order valence-corrected chi connectivity index (χ2v) is 7.18. The molecular formula is C23H14N4O4. The number of nitrogens with zero attached hydrogens (tertiary/aromatic N) is 2. The number of nitrogens with two attached hydrogens (primary N) is 1. The third-order valence-corrected chi connectivity index (χ3v) is 5.51. The van der Waals surface area contributed by atoms with Crippen LogP contribution in [0, 0.1) is 21.4 Å². The van der Waals surface area contributed by atoms with Crippen molar-refractivity contribution in [1.29, 1.82) is 5.26 Å². The van der Waals surface area contributed by atoms with Crippen LogP contribution >= 0.6 is 0 Å². The monoisotopic (exact) mass is 410 g/mol. The Labute approximate surface area is 174 Å². The quantitative estimate of drug-likeness (QED) is 0.293. The first kappa shape index (κ1) is 18.4. The maximum absolute atomic E-state index is 13.2. The number of nitro benzene ring substituents is 1. The molecule has 2 heterocycles. The molecule has 8 heteroatoms. The van der Waals surface area contributed by atoms with Gasteiger partial charge in [-0.15, -0.1) is 0 Å². The number of pyridine rings is 1. The molecule has 8 nitrogen and oxygen atoms in total. The molecular weight excluding hydrogens is 396 g/mol. The van der Waals surface area contributed by atoms with Gasteiger partial charge in [0.05, 0.1) is 21.9 Å². The lowest BCUT2D eigenvalue weighted by molar-refractivity contribution is -0.384. The van der Waals surface area contributed by atoms with Crippen molar-refractivity contribution < 1.29 is 9.66 Å². The molecule has 0 radical (unpaired) electrons. The summed E-state index contributed by atoms with van der Waals surface area (Å²) in [7, 11) is 0. The number of nitriles is 1. The lowest BCUT2D eigenvalue weighted by atomic mass is 9.83. The van der Waals surface area contributed by atoms with Crippen LogP contribution in [0.2, 0.25) is 0 Å². The molecule has 3 aromatic carbocycles. The minimum Gasteiger partial charge on any atom is -0.439 e. The van der Waals surface area contributed by atoms with Crippen molar-refractivity contribution in [3.05, 3.63) is 104 Å². The van der Waals surface area contributed by atoms with Crippen molar-refractivity contribution in [2.45, 2.75) is 5.92 Å². The van der Waals surface area contributed by atoms with Crippen molar-refractivity contribution in [2.24, 2.45) is 5.73 Å². The van der Waals surface area contributed by atoms with Crippen molar-refractivity contribution in [3.8, 4) is 11.8 Å². The third kappa shape index (κ3) is 2.72. The molecule has 0 fully saturated rings. The van der Waals surface area contributed by atoms with Crippen LogP contribution < -0.4 is 16.0 Å². The van der Waals surface area contributed by atoms with E-state index in [-0.39, 0.29) is 28.5 Å². The van der Waals surface area contributed by atoms with Gasteiger partial charge in [0.1, 0.15) is 17.4 Å². The molecule has 0 amide bonds. The summed E-state index contributed by atoms with van der Waals surface area (Å²) >= 11 is 0. The zero-order valence-electron chi connectivity index (χ0n) is 16.0. The van der Waals surface area contributed by atoms with Crippen LogP contribution in [0.25, 0.3) is 21.7 Å². The predicted molar refractivity (Wildman–Crippen MR) is 114 cm³/mol. The Morgan fingerprint density at radius 1 is 1.06 bits per heavy atom. The number of hydrogen-bond acceptors (Lipinski definition) is 6. The van der Waals surface area contributed by atoms with E-state index in [4.69, 9.17) is 10.5 Å². The second kappa shape index (κ2) is 6.71. The van der Waals surface area contributed by atoms with E-state index in [2.05, 4.69) is 4.98 Å².